The topological polar surface area (TPSA) is 306 Å². The van der Waals surface area contributed by atoms with E-state index in [2.05, 4.69) is 42.2 Å². The lowest BCUT2D eigenvalue weighted by Gasteiger charge is -2.15. The second-order valence-corrected chi connectivity index (χ2v) is 9.01. The molecule has 0 aliphatic heterocycles. The highest BCUT2D eigenvalue weighted by Gasteiger charge is 2.20. The highest BCUT2D eigenvalue weighted by Crippen LogP contribution is 2.02. The Morgan fingerprint density at radius 3 is 2.09 bits per heavy atom. The fraction of sp³-hybridized carbons (Fsp3) is 0.565. The number of hydrogen-bond donors (Lipinski definition) is 9. The molecule has 10 N–H and O–H groups in total. The number of nitrogens with two attached hydrogens (primary N) is 1. The first-order chi connectivity index (χ1) is 20.4. The number of aliphatic carboxylic acids is 2. The van der Waals surface area contributed by atoms with Crippen molar-refractivity contribution in [1.82, 2.24) is 46.9 Å². The Morgan fingerprint density at radius 1 is 0.837 bits per heavy atom. The van der Waals surface area contributed by atoms with Gasteiger partial charge in [0.15, 0.2) is 0 Å². The summed E-state index contributed by atoms with van der Waals surface area (Å²) >= 11 is 0. The van der Waals surface area contributed by atoms with E-state index in [0.717, 1.165) is 0 Å². The number of carboxylic acids is 2. The van der Waals surface area contributed by atoms with Crippen LogP contribution in [-0.4, -0.2) is 118 Å². The molecule has 6 amide bonds. The van der Waals surface area contributed by atoms with Gasteiger partial charge in [0.05, 0.1) is 25.3 Å². The third-order valence-electron chi connectivity index (χ3n) is 5.43. The number of amides is 6. The molecule has 0 saturated heterocycles. The lowest BCUT2D eigenvalue weighted by Crippen LogP contribution is -2.44. The Labute approximate surface area is 244 Å². The molecule has 1 aromatic rings. The zero-order valence-corrected chi connectivity index (χ0v) is 23.2. The zero-order valence-electron chi connectivity index (χ0n) is 23.2. The van der Waals surface area contributed by atoms with Gasteiger partial charge in [-0.05, 0) is 19.3 Å². The monoisotopic (exact) mass is 612 g/mol. The Morgan fingerprint density at radius 2 is 1.47 bits per heavy atom. The molecule has 1 unspecified atom stereocenters. The van der Waals surface area contributed by atoms with Crippen LogP contribution in [0.1, 0.15) is 31.4 Å². The Bertz CT molecular complexity index is 1140. The van der Waals surface area contributed by atoms with Gasteiger partial charge in [-0.3, -0.25) is 33.6 Å². The highest BCUT2D eigenvalue weighted by atomic mass is 16.4. The van der Waals surface area contributed by atoms with Crippen LogP contribution < -0.4 is 37.6 Å². The summed E-state index contributed by atoms with van der Waals surface area (Å²) < 4.78 is 1.23. The van der Waals surface area contributed by atoms with Crippen LogP contribution in [0.25, 0.3) is 0 Å². The van der Waals surface area contributed by atoms with Gasteiger partial charge in [0.1, 0.15) is 18.6 Å². The minimum atomic E-state index is -1.25. The summed E-state index contributed by atoms with van der Waals surface area (Å²) in [6, 6.07) is -2.32. The van der Waals surface area contributed by atoms with Crippen molar-refractivity contribution in [1.29, 1.82) is 0 Å². The van der Waals surface area contributed by atoms with Crippen molar-refractivity contribution in [2.24, 2.45) is 5.73 Å². The molecule has 1 heterocycles. The predicted molar refractivity (Wildman–Crippen MR) is 143 cm³/mol. The van der Waals surface area contributed by atoms with Crippen molar-refractivity contribution >= 4 is 47.9 Å². The fourth-order valence-corrected chi connectivity index (χ4v) is 3.25. The van der Waals surface area contributed by atoms with E-state index in [1.807, 2.05) is 0 Å². The first-order valence-electron chi connectivity index (χ1n) is 13.0. The van der Waals surface area contributed by atoms with Crippen molar-refractivity contribution in [3.8, 4) is 0 Å². The molecule has 20 heteroatoms. The van der Waals surface area contributed by atoms with E-state index in [4.69, 9.17) is 10.8 Å². The van der Waals surface area contributed by atoms with Crippen molar-refractivity contribution in [2.75, 3.05) is 32.7 Å². The molecule has 1 rings (SSSR count). The zero-order chi connectivity index (χ0) is 32.2. The highest BCUT2D eigenvalue weighted by molar-refractivity contribution is 5.89. The Hall–Kier alpha value is -5.14. The van der Waals surface area contributed by atoms with Crippen molar-refractivity contribution < 1.29 is 48.6 Å². The molecule has 0 radical (unpaired) electrons. The van der Waals surface area contributed by atoms with E-state index in [-0.39, 0.29) is 51.3 Å². The summed E-state index contributed by atoms with van der Waals surface area (Å²) in [5, 5.41) is 39.7. The number of aromatic nitrogens is 3. The molecule has 2 atom stereocenters. The molecule has 0 spiro atoms. The van der Waals surface area contributed by atoms with Crippen molar-refractivity contribution in [2.45, 2.75) is 50.7 Å². The molecule has 20 nitrogen and oxygen atoms in total. The van der Waals surface area contributed by atoms with Gasteiger partial charge < -0.3 is 47.8 Å². The summed E-state index contributed by atoms with van der Waals surface area (Å²) in [5.41, 5.74) is 5.76. The van der Waals surface area contributed by atoms with E-state index in [1.54, 1.807) is 0 Å². The molecule has 0 fully saturated rings. The van der Waals surface area contributed by atoms with Crippen LogP contribution in [0.15, 0.2) is 6.20 Å². The van der Waals surface area contributed by atoms with E-state index in [0.29, 0.717) is 24.9 Å². The van der Waals surface area contributed by atoms with Crippen LogP contribution in [0.3, 0.4) is 0 Å². The molecule has 0 bridgehead atoms. The van der Waals surface area contributed by atoms with Crippen molar-refractivity contribution in [3.05, 3.63) is 11.9 Å². The summed E-state index contributed by atoms with van der Waals surface area (Å²) in [4.78, 5) is 91.3. The van der Waals surface area contributed by atoms with Gasteiger partial charge in [-0.2, -0.15) is 0 Å². The number of nitrogens with one attached hydrogen (secondary N) is 6. The molecule has 43 heavy (non-hydrogen) atoms. The van der Waals surface area contributed by atoms with Crippen LogP contribution in [0.2, 0.25) is 0 Å². The number of rotatable bonds is 22. The summed E-state index contributed by atoms with van der Waals surface area (Å²) in [7, 11) is 0. The molecular formula is C23H36N10O10. The SMILES string of the molecule is N[C@@H](Cc1cn(CC(=O)NCCCCC(NC(=O)CCNC(=O)CNC(=O)CNC(=O)CNC=O)C(=O)O)nn1)C(=O)O. The first kappa shape index (κ1) is 35.9. The summed E-state index contributed by atoms with van der Waals surface area (Å²) in [6.45, 7) is -1.17. The molecule has 0 aromatic carbocycles. The van der Waals surface area contributed by atoms with Crippen molar-refractivity contribution in [3.63, 3.8) is 0 Å². The maximum absolute atomic E-state index is 12.1. The fourth-order valence-electron chi connectivity index (χ4n) is 3.25. The van der Waals surface area contributed by atoms with Crippen LogP contribution in [0.5, 0.6) is 0 Å². The number of carbonyl (C=O) groups excluding carboxylic acids is 6. The first-order valence-corrected chi connectivity index (χ1v) is 13.0. The van der Waals surface area contributed by atoms with E-state index >= 15 is 0 Å². The Kier molecular flexibility index (Phi) is 16.6. The molecule has 0 saturated carbocycles. The van der Waals surface area contributed by atoms with E-state index < -0.39 is 60.7 Å². The quantitative estimate of drug-likeness (QED) is 0.0437. The Balaban J connectivity index is 2.22. The third kappa shape index (κ3) is 16.7. The molecular weight excluding hydrogens is 576 g/mol. The van der Waals surface area contributed by atoms with Gasteiger partial charge in [0.2, 0.25) is 35.9 Å². The van der Waals surface area contributed by atoms with Gasteiger partial charge in [0, 0.05) is 32.1 Å². The smallest absolute Gasteiger partial charge is 0.326 e. The number of nitrogens with zero attached hydrogens (tertiary/aromatic N) is 3. The van der Waals surface area contributed by atoms with Gasteiger partial charge in [0.25, 0.3) is 0 Å². The molecule has 0 aliphatic rings. The maximum atomic E-state index is 12.1. The predicted octanol–water partition coefficient (Wildman–Crippen LogP) is -5.43. The maximum Gasteiger partial charge on any atom is 0.326 e. The lowest BCUT2D eigenvalue weighted by atomic mass is 10.1. The molecule has 1 aromatic heterocycles. The number of carbonyl (C=O) groups is 8. The summed E-state index contributed by atoms with van der Waals surface area (Å²) in [5.74, 6) is -5.30. The van der Waals surface area contributed by atoms with Crippen LogP contribution in [0.4, 0.5) is 0 Å². The average Bonchev–Trinajstić information content (AvgIpc) is 3.38. The number of unbranched alkanes of at least 4 members (excludes halogenated alkanes) is 1. The average molecular weight is 613 g/mol. The minimum absolute atomic E-state index is 0.0415. The van der Waals surface area contributed by atoms with Gasteiger partial charge in [-0.15, -0.1) is 5.10 Å². The normalized spacial score (nSPS) is 11.7. The summed E-state index contributed by atoms with van der Waals surface area (Å²) in [6.07, 6.45) is 2.35. The largest absolute Gasteiger partial charge is 0.480 e. The minimum Gasteiger partial charge on any atom is -0.480 e. The molecule has 238 valence electrons. The van der Waals surface area contributed by atoms with Crippen LogP contribution in [-0.2, 0) is 51.3 Å². The van der Waals surface area contributed by atoms with Gasteiger partial charge in [-0.25, -0.2) is 9.48 Å². The third-order valence-corrected chi connectivity index (χ3v) is 5.43. The van der Waals surface area contributed by atoms with E-state index in [1.165, 1.54) is 10.9 Å². The second kappa shape index (κ2) is 19.9. The lowest BCUT2D eigenvalue weighted by molar-refractivity contribution is -0.142. The van der Waals surface area contributed by atoms with Crippen LogP contribution >= 0.6 is 0 Å². The molecule has 0 aliphatic carbocycles. The number of hydrogen-bond acceptors (Lipinski definition) is 11. The van der Waals surface area contributed by atoms with Gasteiger partial charge >= 0.3 is 11.9 Å². The van der Waals surface area contributed by atoms with Gasteiger partial charge in [-0.1, -0.05) is 5.21 Å². The standard InChI is InChI=1S/C23H36N10O10/c24-15(22(40)41)7-14-11-33(32-31-14)12-21(39)26-5-2-1-3-16(23(42)43)30-17(35)4-6-27-19(37)9-29-20(38)10-28-18(36)8-25-13-34/h11,13,15-16H,1-10,12,24H2,(H,25,34)(H,26,39)(H,27,37)(H,28,36)(H,29,38)(H,30,35)(H,40,41)(H,42,43)/t15-,16?/m0/s1. The van der Waals surface area contributed by atoms with E-state index in [9.17, 15) is 43.5 Å². The number of carboxylic acid groups (broad SMARTS) is 2. The van der Waals surface area contributed by atoms with Crippen LogP contribution in [0, 0.1) is 0 Å². The second-order valence-electron chi connectivity index (χ2n) is 9.01.